The van der Waals surface area contributed by atoms with Crippen LogP contribution in [0.2, 0.25) is 0 Å². The number of halogens is 1. The maximum absolute atomic E-state index is 11.9. The van der Waals surface area contributed by atoms with Crippen LogP contribution in [0.4, 0.5) is 0 Å². The molecule has 5 nitrogen and oxygen atoms in total. The van der Waals surface area contributed by atoms with Crippen LogP contribution in [0.15, 0.2) is 61.2 Å². The molecule has 2 rings (SSSR count). The second-order valence-corrected chi connectivity index (χ2v) is 6.24. The summed E-state index contributed by atoms with van der Waals surface area (Å²) in [6.07, 6.45) is 1.68. The van der Waals surface area contributed by atoms with Gasteiger partial charge in [-0.1, -0.05) is 36.9 Å². The first-order valence-corrected chi connectivity index (χ1v) is 8.69. The fourth-order valence-corrected chi connectivity index (χ4v) is 2.69. The van der Waals surface area contributed by atoms with Gasteiger partial charge in [0.1, 0.15) is 25.5 Å². The number of hydrogen-bond donors (Lipinski definition) is 1. The van der Waals surface area contributed by atoms with E-state index in [-0.39, 0.29) is 19.1 Å². The van der Waals surface area contributed by atoms with Crippen LogP contribution in [0, 0.1) is 3.57 Å². The number of benzene rings is 2. The Morgan fingerprint density at radius 1 is 1.16 bits per heavy atom. The minimum atomic E-state index is -0.494. The zero-order chi connectivity index (χ0) is 18.1. The quantitative estimate of drug-likeness (QED) is 0.380. The monoisotopic (exact) mass is 451 g/mol. The van der Waals surface area contributed by atoms with Crippen LogP contribution < -0.4 is 10.1 Å². The number of hydrogen-bond acceptors (Lipinski definition) is 4. The van der Waals surface area contributed by atoms with E-state index < -0.39 is 5.97 Å². The minimum absolute atomic E-state index is 0.137. The van der Waals surface area contributed by atoms with E-state index in [0.29, 0.717) is 12.2 Å². The van der Waals surface area contributed by atoms with E-state index >= 15 is 0 Å². The number of nitrogens with one attached hydrogen (secondary N) is 1. The van der Waals surface area contributed by atoms with E-state index in [1.54, 1.807) is 30.3 Å². The molecule has 1 N–H and O–H groups in total. The summed E-state index contributed by atoms with van der Waals surface area (Å²) in [5.41, 5.74) is 1.35. The summed E-state index contributed by atoms with van der Waals surface area (Å²) < 4.78 is 11.6. The highest BCUT2D eigenvalue weighted by atomic mass is 127. The summed E-state index contributed by atoms with van der Waals surface area (Å²) in [7, 11) is 0. The van der Waals surface area contributed by atoms with Gasteiger partial charge in [-0.3, -0.25) is 9.59 Å². The van der Waals surface area contributed by atoms with Gasteiger partial charge in [0.2, 0.25) is 0 Å². The van der Waals surface area contributed by atoms with Crippen LogP contribution in [0.5, 0.6) is 5.75 Å². The summed E-state index contributed by atoms with van der Waals surface area (Å²) >= 11 is 2.16. The van der Waals surface area contributed by atoms with Crippen molar-refractivity contribution < 1.29 is 19.1 Å². The van der Waals surface area contributed by atoms with Crippen molar-refractivity contribution in [2.24, 2.45) is 0 Å². The Hall–Kier alpha value is -2.35. The molecule has 0 spiro atoms. The van der Waals surface area contributed by atoms with Gasteiger partial charge in [0, 0.05) is 5.56 Å². The first-order chi connectivity index (χ1) is 12.1. The standard InChI is InChI=1S/C19H18INO4/c1-2-10-24-17-9-8-14(11-16(17)20)13-25-18(22)12-21-19(23)15-6-4-3-5-7-15/h2-9,11H,1,10,12-13H2,(H,21,23). The van der Waals surface area contributed by atoms with Gasteiger partial charge in [-0.05, 0) is 52.4 Å². The van der Waals surface area contributed by atoms with Crippen molar-refractivity contribution in [2.45, 2.75) is 6.61 Å². The number of carbonyl (C=O) groups is 2. The van der Waals surface area contributed by atoms with E-state index in [4.69, 9.17) is 9.47 Å². The minimum Gasteiger partial charge on any atom is -0.488 e. The third kappa shape index (κ3) is 6.22. The molecule has 0 aliphatic heterocycles. The molecule has 0 atom stereocenters. The first kappa shape index (κ1) is 19.0. The lowest BCUT2D eigenvalue weighted by molar-refractivity contribution is -0.143. The van der Waals surface area contributed by atoms with Crippen molar-refractivity contribution in [1.82, 2.24) is 5.32 Å². The van der Waals surface area contributed by atoms with Crippen LogP contribution in [-0.4, -0.2) is 25.0 Å². The van der Waals surface area contributed by atoms with Crippen LogP contribution in [0.1, 0.15) is 15.9 Å². The smallest absolute Gasteiger partial charge is 0.325 e. The predicted octanol–water partition coefficient (Wildman–Crippen LogP) is 3.33. The van der Waals surface area contributed by atoms with Gasteiger partial charge in [0.15, 0.2) is 0 Å². The highest BCUT2D eigenvalue weighted by molar-refractivity contribution is 14.1. The van der Waals surface area contributed by atoms with Gasteiger partial charge in [0.05, 0.1) is 3.57 Å². The predicted molar refractivity (Wildman–Crippen MR) is 103 cm³/mol. The Labute approximate surface area is 160 Å². The molecule has 25 heavy (non-hydrogen) atoms. The average molecular weight is 451 g/mol. The van der Waals surface area contributed by atoms with Crippen LogP contribution in [-0.2, 0) is 16.1 Å². The number of esters is 1. The topological polar surface area (TPSA) is 64.6 Å². The molecule has 0 saturated carbocycles. The number of carbonyl (C=O) groups excluding carboxylic acids is 2. The largest absolute Gasteiger partial charge is 0.488 e. The molecule has 0 aromatic heterocycles. The van der Waals surface area contributed by atoms with E-state index in [0.717, 1.165) is 14.9 Å². The molecular weight excluding hydrogens is 433 g/mol. The normalized spacial score (nSPS) is 9.96. The molecule has 0 unspecified atom stereocenters. The molecule has 0 aliphatic carbocycles. The lowest BCUT2D eigenvalue weighted by atomic mass is 10.2. The Morgan fingerprint density at radius 2 is 1.92 bits per heavy atom. The van der Waals surface area contributed by atoms with E-state index in [2.05, 4.69) is 34.5 Å². The van der Waals surface area contributed by atoms with Gasteiger partial charge < -0.3 is 14.8 Å². The summed E-state index contributed by atoms with van der Waals surface area (Å²) in [5.74, 6) is -0.0483. The second-order valence-electron chi connectivity index (χ2n) is 5.07. The number of rotatable bonds is 8. The third-order valence-corrected chi connectivity index (χ3v) is 4.03. The lowest BCUT2D eigenvalue weighted by Crippen LogP contribution is -2.30. The Morgan fingerprint density at radius 3 is 2.60 bits per heavy atom. The molecule has 130 valence electrons. The molecule has 0 saturated heterocycles. The molecule has 0 radical (unpaired) electrons. The van der Waals surface area contributed by atoms with Crippen LogP contribution in [0.3, 0.4) is 0 Å². The van der Waals surface area contributed by atoms with E-state index in [1.807, 2.05) is 24.3 Å². The average Bonchev–Trinajstić information content (AvgIpc) is 2.64. The fourth-order valence-electron chi connectivity index (χ4n) is 1.96. The zero-order valence-electron chi connectivity index (χ0n) is 13.5. The molecule has 6 heteroatoms. The van der Waals surface area contributed by atoms with Crippen molar-refractivity contribution in [3.05, 3.63) is 75.9 Å². The Bertz CT molecular complexity index is 746. The van der Waals surface area contributed by atoms with Gasteiger partial charge in [-0.15, -0.1) is 0 Å². The molecule has 1 amide bonds. The van der Waals surface area contributed by atoms with Crippen molar-refractivity contribution in [3.63, 3.8) is 0 Å². The molecule has 2 aromatic carbocycles. The summed E-state index contributed by atoms with van der Waals surface area (Å²) in [4.78, 5) is 23.6. The van der Waals surface area contributed by atoms with Crippen molar-refractivity contribution >= 4 is 34.5 Å². The van der Waals surface area contributed by atoms with Crippen molar-refractivity contribution in [1.29, 1.82) is 0 Å². The maximum atomic E-state index is 11.9. The van der Waals surface area contributed by atoms with Gasteiger partial charge >= 0.3 is 5.97 Å². The maximum Gasteiger partial charge on any atom is 0.325 e. The second kappa shape index (κ2) is 9.83. The SMILES string of the molecule is C=CCOc1ccc(COC(=O)CNC(=O)c2ccccc2)cc1I. The Balaban J connectivity index is 1.79. The molecule has 0 aliphatic rings. The number of amides is 1. The van der Waals surface area contributed by atoms with E-state index in [1.165, 1.54) is 0 Å². The van der Waals surface area contributed by atoms with Gasteiger partial charge in [-0.2, -0.15) is 0 Å². The molecule has 0 bridgehead atoms. The lowest BCUT2D eigenvalue weighted by Gasteiger charge is -2.09. The molecular formula is C19H18INO4. The summed E-state index contributed by atoms with van der Waals surface area (Å²) in [6, 6.07) is 14.2. The molecule has 0 fully saturated rings. The van der Waals surface area contributed by atoms with Gasteiger partial charge in [0.25, 0.3) is 5.91 Å². The van der Waals surface area contributed by atoms with Crippen molar-refractivity contribution in [2.75, 3.05) is 13.2 Å². The number of ether oxygens (including phenoxy) is 2. The summed E-state index contributed by atoms with van der Waals surface area (Å²) in [6.45, 7) is 4.00. The van der Waals surface area contributed by atoms with Crippen molar-refractivity contribution in [3.8, 4) is 5.75 Å². The fraction of sp³-hybridized carbons (Fsp3) is 0.158. The highest BCUT2D eigenvalue weighted by Crippen LogP contribution is 2.22. The first-order valence-electron chi connectivity index (χ1n) is 7.61. The zero-order valence-corrected chi connectivity index (χ0v) is 15.7. The summed E-state index contributed by atoms with van der Waals surface area (Å²) in [5, 5.41) is 2.53. The van der Waals surface area contributed by atoms with Crippen LogP contribution in [0.25, 0.3) is 0 Å². The third-order valence-electron chi connectivity index (χ3n) is 3.18. The highest BCUT2D eigenvalue weighted by Gasteiger charge is 2.09. The van der Waals surface area contributed by atoms with Crippen LogP contribution >= 0.6 is 22.6 Å². The molecule has 2 aromatic rings. The molecule has 0 heterocycles. The van der Waals surface area contributed by atoms with Gasteiger partial charge in [-0.25, -0.2) is 0 Å². The Kier molecular flexibility index (Phi) is 7.46. The van der Waals surface area contributed by atoms with E-state index in [9.17, 15) is 9.59 Å².